The van der Waals surface area contributed by atoms with Crippen LogP contribution in [0.5, 0.6) is 0 Å². The Morgan fingerprint density at radius 2 is 1.76 bits per heavy atom. The lowest BCUT2D eigenvalue weighted by Gasteiger charge is -2.38. The number of aromatic amines is 1. The van der Waals surface area contributed by atoms with Gasteiger partial charge >= 0.3 is 5.69 Å². The number of benzene rings is 1. The zero-order valence-corrected chi connectivity index (χ0v) is 21.2. The molecule has 2 heterocycles. The lowest BCUT2D eigenvalue weighted by molar-refractivity contribution is -0.0292. The molecule has 3 N–H and O–H groups in total. The number of piperidine rings is 1. The average Bonchev–Trinajstić information content (AvgIpc) is 2.81. The molecule has 1 aliphatic rings. The summed E-state index contributed by atoms with van der Waals surface area (Å²) in [6.45, 7) is 9.69. The highest BCUT2D eigenvalue weighted by Crippen LogP contribution is 2.27. The monoisotopic (exact) mass is 470 g/mol. The van der Waals surface area contributed by atoms with E-state index in [1.165, 1.54) is 21.8 Å². The van der Waals surface area contributed by atoms with Crippen LogP contribution in [0.3, 0.4) is 0 Å². The third-order valence-electron chi connectivity index (χ3n) is 7.17. The molecule has 0 aliphatic carbocycles. The smallest absolute Gasteiger partial charge is 0.329 e. The fourth-order valence-electron chi connectivity index (χ4n) is 4.82. The number of rotatable bonds is 12. The normalized spacial score (nSPS) is 16.0. The summed E-state index contributed by atoms with van der Waals surface area (Å²) in [5.74, 6) is 0.418. The van der Waals surface area contributed by atoms with Gasteiger partial charge in [-0.15, -0.1) is 0 Å². The van der Waals surface area contributed by atoms with E-state index in [1.54, 1.807) is 0 Å². The Kier molecular flexibility index (Phi) is 9.54. The standard InChI is InChI=1S/C27H42N4O3/c1-4-6-12-27(34)13-17-30(18-14-27)15-8-7-9-16-31-25(32)20-24(29-26(31)33)28-23-11-10-21(3)22(5-2)19-23/h10-11,19-20,28,34H,4-9,12-18H2,1-3H3,(H,29,33). The molecule has 1 aromatic heterocycles. The lowest BCUT2D eigenvalue weighted by Crippen LogP contribution is -2.44. The Morgan fingerprint density at radius 1 is 1.03 bits per heavy atom. The van der Waals surface area contributed by atoms with Crippen molar-refractivity contribution in [2.75, 3.05) is 25.0 Å². The van der Waals surface area contributed by atoms with Crippen molar-refractivity contribution >= 4 is 11.5 Å². The summed E-state index contributed by atoms with van der Waals surface area (Å²) >= 11 is 0. The number of aryl methyl sites for hydroxylation is 2. The largest absolute Gasteiger partial charge is 0.390 e. The minimum absolute atomic E-state index is 0.281. The number of likely N-dealkylation sites (tertiary alicyclic amines) is 1. The highest BCUT2D eigenvalue weighted by atomic mass is 16.3. The van der Waals surface area contributed by atoms with Crippen molar-refractivity contribution in [2.24, 2.45) is 0 Å². The van der Waals surface area contributed by atoms with Gasteiger partial charge in [0, 0.05) is 31.4 Å². The van der Waals surface area contributed by atoms with Gasteiger partial charge in [-0.2, -0.15) is 0 Å². The van der Waals surface area contributed by atoms with Crippen molar-refractivity contribution in [2.45, 2.75) is 90.7 Å². The van der Waals surface area contributed by atoms with Crippen LogP contribution in [0.25, 0.3) is 0 Å². The first-order valence-corrected chi connectivity index (χ1v) is 13.0. The van der Waals surface area contributed by atoms with Gasteiger partial charge in [-0.25, -0.2) is 4.79 Å². The molecular formula is C27H42N4O3. The Hall–Kier alpha value is -2.38. The number of unbranched alkanes of at least 4 members (excludes halogenated alkanes) is 3. The van der Waals surface area contributed by atoms with E-state index in [9.17, 15) is 14.7 Å². The summed E-state index contributed by atoms with van der Waals surface area (Å²) in [5.41, 5.74) is 2.20. The van der Waals surface area contributed by atoms with Crippen molar-refractivity contribution in [1.29, 1.82) is 0 Å². The molecule has 34 heavy (non-hydrogen) atoms. The fourth-order valence-corrected chi connectivity index (χ4v) is 4.82. The maximum absolute atomic E-state index is 12.5. The molecule has 3 rings (SSSR count). The summed E-state index contributed by atoms with van der Waals surface area (Å²) in [5, 5.41) is 13.8. The maximum atomic E-state index is 12.5. The van der Waals surface area contributed by atoms with E-state index in [4.69, 9.17) is 0 Å². The maximum Gasteiger partial charge on any atom is 0.329 e. The van der Waals surface area contributed by atoms with Crippen molar-refractivity contribution in [3.8, 4) is 0 Å². The molecule has 1 aliphatic heterocycles. The van der Waals surface area contributed by atoms with E-state index in [1.807, 2.05) is 18.2 Å². The molecule has 0 amide bonds. The molecule has 1 aromatic carbocycles. The van der Waals surface area contributed by atoms with Crippen LogP contribution in [-0.4, -0.2) is 44.8 Å². The summed E-state index contributed by atoms with van der Waals surface area (Å²) in [4.78, 5) is 30.3. The Balaban J connectivity index is 1.43. The second kappa shape index (κ2) is 12.4. The van der Waals surface area contributed by atoms with Crippen LogP contribution >= 0.6 is 0 Å². The molecule has 1 saturated heterocycles. The molecule has 7 heteroatoms. The van der Waals surface area contributed by atoms with Crippen LogP contribution in [0.15, 0.2) is 33.9 Å². The van der Waals surface area contributed by atoms with Crippen molar-refractivity contribution < 1.29 is 5.11 Å². The third-order valence-corrected chi connectivity index (χ3v) is 7.17. The fraction of sp³-hybridized carbons (Fsp3) is 0.630. The summed E-state index contributed by atoms with van der Waals surface area (Å²) in [6, 6.07) is 7.50. The number of aliphatic hydroxyl groups is 1. The second-order valence-corrected chi connectivity index (χ2v) is 9.83. The number of nitrogens with zero attached hydrogens (tertiary/aromatic N) is 2. The number of hydrogen-bond acceptors (Lipinski definition) is 5. The van der Waals surface area contributed by atoms with Crippen LogP contribution in [0.4, 0.5) is 11.5 Å². The zero-order chi connectivity index (χ0) is 24.6. The first-order chi connectivity index (χ1) is 16.3. The second-order valence-electron chi connectivity index (χ2n) is 9.83. The van der Waals surface area contributed by atoms with Crippen LogP contribution in [0.2, 0.25) is 0 Å². The molecule has 0 spiro atoms. The van der Waals surface area contributed by atoms with Crippen molar-refractivity contribution in [1.82, 2.24) is 14.5 Å². The zero-order valence-electron chi connectivity index (χ0n) is 21.2. The SMILES string of the molecule is CCCCC1(O)CCN(CCCCCn2c(=O)cc(Nc3ccc(C)c(CC)c3)[nH]c2=O)CC1. The Bertz CT molecular complexity index is 1000. The number of nitrogens with one attached hydrogen (secondary N) is 2. The topological polar surface area (TPSA) is 90.4 Å². The van der Waals surface area contributed by atoms with Crippen LogP contribution in [0, 0.1) is 6.92 Å². The minimum Gasteiger partial charge on any atom is -0.390 e. The predicted molar refractivity (Wildman–Crippen MR) is 139 cm³/mol. The first-order valence-electron chi connectivity index (χ1n) is 13.0. The first kappa shape index (κ1) is 26.2. The van der Waals surface area contributed by atoms with Gasteiger partial charge < -0.3 is 15.3 Å². The molecule has 0 bridgehead atoms. The molecule has 0 unspecified atom stereocenters. The van der Waals surface area contributed by atoms with Crippen LogP contribution in [0.1, 0.15) is 76.3 Å². The van der Waals surface area contributed by atoms with Gasteiger partial charge in [-0.1, -0.05) is 39.2 Å². The Morgan fingerprint density at radius 3 is 2.44 bits per heavy atom. The van der Waals surface area contributed by atoms with E-state index in [0.717, 1.165) is 83.1 Å². The average molecular weight is 471 g/mol. The van der Waals surface area contributed by atoms with Crippen LogP contribution < -0.4 is 16.6 Å². The van der Waals surface area contributed by atoms with E-state index < -0.39 is 5.60 Å². The number of H-pyrrole nitrogens is 1. The summed E-state index contributed by atoms with van der Waals surface area (Å²) in [6.07, 6.45) is 8.58. The molecule has 0 saturated carbocycles. The molecule has 0 atom stereocenters. The molecule has 188 valence electrons. The molecule has 1 fully saturated rings. The van der Waals surface area contributed by atoms with Gasteiger partial charge in [0.15, 0.2) is 0 Å². The van der Waals surface area contributed by atoms with Crippen molar-refractivity contribution in [3.05, 3.63) is 56.2 Å². The Labute approximate surface area is 203 Å². The molecule has 7 nitrogen and oxygen atoms in total. The van der Waals surface area contributed by atoms with E-state index >= 15 is 0 Å². The van der Waals surface area contributed by atoms with Gasteiger partial charge in [0.2, 0.25) is 0 Å². The van der Waals surface area contributed by atoms with Crippen molar-refractivity contribution in [3.63, 3.8) is 0 Å². The van der Waals surface area contributed by atoms with E-state index in [-0.39, 0.29) is 11.2 Å². The summed E-state index contributed by atoms with van der Waals surface area (Å²) < 4.78 is 1.28. The van der Waals surface area contributed by atoms with E-state index in [2.05, 4.69) is 36.0 Å². The highest BCUT2D eigenvalue weighted by Gasteiger charge is 2.31. The van der Waals surface area contributed by atoms with Gasteiger partial charge in [-0.05, 0) is 75.3 Å². The van der Waals surface area contributed by atoms with Gasteiger partial charge in [0.05, 0.1) is 5.60 Å². The molecule has 2 aromatic rings. The van der Waals surface area contributed by atoms with Gasteiger partial charge in [-0.3, -0.25) is 14.3 Å². The number of anilines is 2. The van der Waals surface area contributed by atoms with E-state index in [0.29, 0.717) is 12.4 Å². The minimum atomic E-state index is -0.465. The quantitative estimate of drug-likeness (QED) is 0.402. The highest BCUT2D eigenvalue weighted by molar-refractivity contribution is 5.57. The molecular weight excluding hydrogens is 428 g/mol. The van der Waals surface area contributed by atoms with Gasteiger partial charge in [0.25, 0.3) is 5.56 Å². The predicted octanol–water partition coefficient (Wildman–Crippen LogP) is 4.34. The number of aromatic nitrogens is 2. The molecule has 0 radical (unpaired) electrons. The lowest BCUT2D eigenvalue weighted by atomic mass is 9.86. The summed E-state index contributed by atoms with van der Waals surface area (Å²) in [7, 11) is 0. The van der Waals surface area contributed by atoms with Gasteiger partial charge in [0.1, 0.15) is 5.82 Å². The van der Waals surface area contributed by atoms with Crippen LogP contribution in [-0.2, 0) is 13.0 Å². The number of hydrogen-bond donors (Lipinski definition) is 3. The third kappa shape index (κ3) is 7.31.